The quantitative estimate of drug-likeness (QED) is 0.161. The molecule has 2 heterocycles. The Balaban J connectivity index is 0.863. The minimum atomic E-state index is -0.136. The number of nitrogens with zero attached hydrogens (tertiary/aromatic N) is 2. The Morgan fingerprint density at radius 3 is 1.36 bits per heavy atom. The Kier molecular flexibility index (Phi) is 8.48. The molecule has 2 nitrogen and oxygen atoms in total. The molecule has 0 radical (unpaired) electrons. The van der Waals surface area contributed by atoms with E-state index in [4.69, 9.17) is 0 Å². The Morgan fingerprint density at radius 2 is 0.814 bits per heavy atom. The SMILES string of the molecule is CC1(C)c2cc(C=Cc3ccc(-c4cccc(N5c6ccccc6CCc6ccccc65)c4)cc3)ccc2-c2ccc(N3c4ccccc4CCc4ccccc43)cc21. The van der Waals surface area contributed by atoms with Gasteiger partial charge in [0.2, 0.25) is 0 Å². The number of rotatable bonds is 5. The fourth-order valence-electron chi connectivity index (χ4n) is 9.91. The zero-order valence-corrected chi connectivity index (χ0v) is 33.7. The zero-order chi connectivity index (χ0) is 39.5. The van der Waals surface area contributed by atoms with E-state index in [1.807, 2.05) is 0 Å². The van der Waals surface area contributed by atoms with Crippen molar-refractivity contribution in [2.45, 2.75) is 44.9 Å². The molecular weight excluding hydrogens is 713 g/mol. The van der Waals surface area contributed by atoms with E-state index < -0.39 is 0 Å². The molecule has 8 aromatic carbocycles. The Bertz CT molecular complexity index is 2840. The van der Waals surface area contributed by atoms with Crippen LogP contribution >= 0.6 is 0 Å². The lowest BCUT2D eigenvalue weighted by Crippen LogP contribution is -2.17. The second-order valence-corrected chi connectivity index (χ2v) is 16.9. The maximum Gasteiger partial charge on any atom is 0.0493 e. The maximum atomic E-state index is 2.49. The largest absolute Gasteiger partial charge is 0.310 e. The highest BCUT2D eigenvalue weighted by Crippen LogP contribution is 2.52. The highest BCUT2D eigenvalue weighted by atomic mass is 15.2. The van der Waals surface area contributed by atoms with E-state index in [-0.39, 0.29) is 5.41 Å². The maximum absolute atomic E-state index is 2.49. The van der Waals surface area contributed by atoms with E-state index in [0.717, 1.165) is 25.7 Å². The summed E-state index contributed by atoms with van der Waals surface area (Å²) >= 11 is 0. The van der Waals surface area contributed by atoms with Crippen LogP contribution in [-0.4, -0.2) is 0 Å². The van der Waals surface area contributed by atoms with Crippen molar-refractivity contribution in [3.8, 4) is 22.3 Å². The summed E-state index contributed by atoms with van der Waals surface area (Å²) in [6.07, 6.45) is 8.68. The Hall–Kier alpha value is -6.90. The summed E-state index contributed by atoms with van der Waals surface area (Å²) in [7, 11) is 0. The minimum Gasteiger partial charge on any atom is -0.310 e. The first kappa shape index (κ1) is 35.3. The molecule has 0 bridgehead atoms. The summed E-state index contributed by atoms with van der Waals surface area (Å²) in [5.74, 6) is 0. The molecule has 0 N–H and O–H groups in total. The summed E-state index contributed by atoms with van der Waals surface area (Å²) in [4.78, 5) is 4.93. The predicted octanol–water partition coefficient (Wildman–Crippen LogP) is 15.0. The minimum absolute atomic E-state index is 0.136. The van der Waals surface area contributed by atoms with Crippen LogP contribution in [0.25, 0.3) is 34.4 Å². The van der Waals surface area contributed by atoms with Crippen LogP contribution in [0, 0.1) is 0 Å². The van der Waals surface area contributed by atoms with Gasteiger partial charge in [-0.25, -0.2) is 0 Å². The average Bonchev–Trinajstić information content (AvgIpc) is 3.41. The normalized spacial score (nSPS) is 14.7. The van der Waals surface area contributed by atoms with Crippen LogP contribution in [0.1, 0.15) is 58.4 Å². The summed E-state index contributed by atoms with van der Waals surface area (Å²) in [6, 6.07) is 67.7. The second kappa shape index (κ2) is 14.2. The van der Waals surface area contributed by atoms with Crippen molar-refractivity contribution in [1.29, 1.82) is 0 Å². The van der Waals surface area contributed by atoms with Crippen LogP contribution in [-0.2, 0) is 31.1 Å². The first-order valence-corrected chi connectivity index (χ1v) is 21.1. The third-order valence-electron chi connectivity index (χ3n) is 13.0. The van der Waals surface area contributed by atoms with Gasteiger partial charge in [-0.15, -0.1) is 0 Å². The van der Waals surface area contributed by atoms with Crippen molar-refractivity contribution in [3.63, 3.8) is 0 Å². The number of anilines is 6. The van der Waals surface area contributed by atoms with Crippen LogP contribution in [0.2, 0.25) is 0 Å². The van der Waals surface area contributed by atoms with Crippen molar-refractivity contribution in [3.05, 3.63) is 226 Å². The standard InChI is InChI=1S/C57H46N2/c1-57(2)51-36-40(26-34-49(51)50-35-33-48(38-52(50)57)59-55-20-9-5-14-44(55)31-32-45-15-6-10-21-56(45)59)23-22-39-24-27-41(28-25-39)46-16-11-17-47(37-46)58-53-18-7-3-12-42(53)29-30-43-13-4-8-19-54(43)58/h3-28,33-38H,29-32H2,1-2H3. The molecule has 0 fully saturated rings. The van der Waals surface area contributed by atoms with Gasteiger partial charge in [-0.2, -0.15) is 0 Å². The van der Waals surface area contributed by atoms with Gasteiger partial charge in [0.25, 0.3) is 0 Å². The van der Waals surface area contributed by atoms with Gasteiger partial charge < -0.3 is 9.80 Å². The number of para-hydroxylation sites is 4. The topological polar surface area (TPSA) is 6.48 Å². The molecule has 2 heteroatoms. The van der Waals surface area contributed by atoms with Crippen molar-refractivity contribution in [2.24, 2.45) is 0 Å². The van der Waals surface area contributed by atoms with Gasteiger partial charge >= 0.3 is 0 Å². The molecule has 0 aromatic heterocycles. The van der Waals surface area contributed by atoms with Crippen molar-refractivity contribution in [1.82, 2.24) is 0 Å². The Labute approximate surface area is 348 Å². The van der Waals surface area contributed by atoms with Gasteiger partial charge in [-0.05, 0) is 141 Å². The average molecular weight is 759 g/mol. The predicted molar refractivity (Wildman–Crippen MR) is 249 cm³/mol. The third kappa shape index (κ3) is 6.10. The summed E-state index contributed by atoms with van der Waals surface area (Å²) in [6.45, 7) is 4.77. The van der Waals surface area contributed by atoms with Crippen molar-refractivity contribution < 1.29 is 0 Å². The van der Waals surface area contributed by atoms with E-state index in [2.05, 4.69) is 218 Å². The number of benzene rings is 8. The number of hydrogen-bond donors (Lipinski definition) is 0. The van der Waals surface area contributed by atoms with Gasteiger partial charge in [0.1, 0.15) is 0 Å². The summed E-state index contributed by atoms with van der Waals surface area (Å²) in [5.41, 5.74) is 23.2. The molecule has 0 amide bonds. The second-order valence-electron chi connectivity index (χ2n) is 16.9. The first-order valence-electron chi connectivity index (χ1n) is 21.1. The lowest BCUT2D eigenvalue weighted by Gasteiger charge is -2.29. The molecule has 1 aliphatic carbocycles. The van der Waals surface area contributed by atoms with Crippen LogP contribution in [0.5, 0.6) is 0 Å². The Morgan fingerprint density at radius 1 is 0.373 bits per heavy atom. The lowest BCUT2D eigenvalue weighted by atomic mass is 9.81. The van der Waals surface area contributed by atoms with Crippen molar-refractivity contribution >= 4 is 46.3 Å². The molecule has 0 unspecified atom stereocenters. The molecule has 59 heavy (non-hydrogen) atoms. The molecule has 8 aromatic rings. The molecule has 11 rings (SSSR count). The molecule has 2 aliphatic heterocycles. The molecular formula is C57H46N2. The fraction of sp³-hybridized carbons (Fsp3) is 0.123. The monoisotopic (exact) mass is 758 g/mol. The first-order chi connectivity index (χ1) is 29.0. The number of fused-ring (bicyclic) bond motifs is 7. The van der Waals surface area contributed by atoms with E-state index >= 15 is 0 Å². The highest BCUT2D eigenvalue weighted by Gasteiger charge is 2.36. The van der Waals surface area contributed by atoms with E-state index in [1.165, 1.54) is 101 Å². The number of aryl methyl sites for hydroxylation is 4. The van der Waals surface area contributed by atoms with Crippen LogP contribution in [0.4, 0.5) is 34.1 Å². The summed E-state index contributed by atoms with van der Waals surface area (Å²) < 4.78 is 0. The van der Waals surface area contributed by atoms with Gasteiger partial charge in [0.15, 0.2) is 0 Å². The number of hydrogen-bond acceptors (Lipinski definition) is 2. The van der Waals surface area contributed by atoms with Crippen LogP contribution < -0.4 is 9.80 Å². The van der Waals surface area contributed by atoms with Gasteiger partial charge in [0, 0.05) is 39.5 Å². The fourth-order valence-corrected chi connectivity index (χ4v) is 9.91. The van der Waals surface area contributed by atoms with E-state index in [1.54, 1.807) is 0 Å². The van der Waals surface area contributed by atoms with Crippen LogP contribution in [0.3, 0.4) is 0 Å². The third-order valence-corrected chi connectivity index (χ3v) is 13.0. The van der Waals surface area contributed by atoms with E-state index in [9.17, 15) is 0 Å². The van der Waals surface area contributed by atoms with Gasteiger partial charge in [-0.1, -0.05) is 159 Å². The molecule has 0 spiro atoms. The zero-order valence-electron chi connectivity index (χ0n) is 33.7. The van der Waals surface area contributed by atoms with Crippen LogP contribution in [0.15, 0.2) is 182 Å². The van der Waals surface area contributed by atoms with E-state index in [0.29, 0.717) is 0 Å². The molecule has 3 aliphatic rings. The highest BCUT2D eigenvalue weighted by molar-refractivity contribution is 5.89. The van der Waals surface area contributed by atoms with Crippen molar-refractivity contribution in [2.75, 3.05) is 9.80 Å². The summed E-state index contributed by atoms with van der Waals surface area (Å²) in [5, 5.41) is 0. The molecule has 0 atom stereocenters. The lowest BCUT2D eigenvalue weighted by molar-refractivity contribution is 0.660. The van der Waals surface area contributed by atoms with Gasteiger partial charge in [0.05, 0.1) is 0 Å². The molecule has 284 valence electrons. The smallest absolute Gasteiger partial charge is 0.0493 e. The molecule has 0 saturated carbocycles. The molecule has 0 saturated heterocycles. The van der Waals surface area contributed by atoms with Gasteiger partial charge in [-0.3, -0.25) is 0 Å².